The van der Waals surface area contributed by atoms with Gasteiger partial charge in [0.2, 0.25) is 0 Å². The van der Waals surface area contributed by atoms with Gasteiger partial charge in [-0.25, -0.2) is 4.79 Å². The second kappa shape index (κ2) is 10.0. The Bertz CT molecular complexity index is 690. The number of ether oxygens (including phenoxy) is 2. The summed E-state index contributed by atoms with van der Waals surface area (Å²) < 4.78 is 11.3. The maximum Gasteiger partial charge on any atom is 0.410 e. The molecule has 0 aliphatic heterocycles. The van der Waals surface area contributed by atoms with Gasteiger partial charge >= 0.3 is 6.09 Å². The zero-order valence-corrected chi connectivity index (χ0v) is 16.9. The van der Waals surface area contributed by atoms with Crippen LogP contribution in [0.3, 0.4) is 0 Å². The third-order valence-electron chi connectivity index (χ3n) is 3.99. The van der Waals surface area contributed by atoms with Crippen molar-refractivity contribution in [2.75, 3.05) is 13.1 Å². The van der Waals surface area contributed by atoms with Gasteiger partial charge in [0.25, 0.3) is 0 Å². The molecule has 0 heterocycles. The first-order valence-corrected chi connectivity index (χ1v) is 9.61. The molecule has 0 spiro atoms. The molecule has 0 saturated heterocycles. The third kappa shape index (κ3) is 7.73. The third-order valence-corrected chi connectivity index (χ3v) is 3.99. The van der Waals surface area contributed by atoms with Crippen LogP contribution in [0.1, 0.15) is 45.2 Å². The molecule has 0 radical (unpaired) electrons. The molecule has 27 heavy (non-hydrogen) atoms. The number of carbonyl (C=O) groups is 1. The van der Waals surface area contributed by atoms with E-state index < -0.39 is 5.60 Å². The summed E-state index contributed by atoms with van der Waals surface area (Å²) in [6.07, 6.45) is 1.45. The van der Waals surface area contributed by atoms with Gasteiger partial charge in [-0.1, -0.05) is 49.4 Å². The summed E-state index contributed by atoms with van der Waals surface area (Å²) in [5.74, 6) is 0.847. The van der Waals surface area contributed by atoms with Crippen molar-refractivity contribution in [2.24, 2.45) is 0 Å². The number of amides is 1. The number of hydrogen-bond acceptors (Lipinski definition) is 3. The standard InChI is InChI=1S/C23H31NO3/c1-5-16-24(22(25)27-23(2,3)4)17-15-19-11-13-21(14-12-19)26-18-20-9-7-6-8-10-20/h6-14H,5,15-18H2,1-4H3. The van der Waals surface area contributed by atoms with Gasteiger partial charge in [-0.2, -0.15) is 0 Å². The molecule has 146 valence electrons. The van der Waals surface area contributed by atoms with Crippen LogP contribution in [0.25, 0.3) is 0 Å². The summed E-state index contributed by atoms with van der Waals surface area (Å²) in [5, 5.41) is 0. The first-order chi connectivity index (χ1) is 12.9. The highest BCUT2D eigenvalue weighted by Gasteiger charge is 2.21. The minimum Gasteiger partial charge on any atom is -0.489 e. The fraction of sp³-hybridized carbons (Fsp3) is 0.435. The highest BCUT2D eigenvalue weighted by molar-refractivity contribution is 5.68. The summed E-state index contributed by atoms with van der Waals surface area (Å²) in [4.78, 5) is 14.1. The van der Waals surface area contributed by atoms with Crippen LogP contribution in [0.5, 0.6) is 5.75 Å². The highest BCUT2D eigenvalue weighted by Crippen LogP contribution is 2.16. The van der Waals surface area contributed by atoms with Gasteiger partial charge in [0.15, 0.2) is 0 Å². The zero-order chi connectivity index (χ0) is 19.7. The van der Waals surface area contributed by atoms with E-state index in [0.717, 1.165) is 24.2 Å². The summed E-state index contributed by atoms with van der Waals surface area (Å²) in [5.41, 5.74) is 1.85. The molecule has 2 rings (SSSR count). The summed E-state index contributed by atoms with van der Waals surface area (Å²) >= 11 is 0. The summed E-state index contributed by atoms with van der Waals surface area (Å²) in [7, 11) is 0. The molecule has 0 N–H and O–H groups in total. The van der Waals surface area contributed by atoms with Crippen molar-refractivity contribution in [1.82, 2.24) is 4.90 Å². The fourth-order valence-corrected chi connectivity index (χ4v) is 2.65. The van der Waals surface area contributed by atoms with E-state index in [1.165, 1.54) is 5.56 Å². The first kappa shape index (κ1) is 20.8. The predicted molar refractivity (Wildman–Crippen MR) is 109 cm³/mol. The maximum absolute atomic E-state index is 12.3. The van der Waals surface area contributed by atoms with Crippen LogP contribution in [0, 0.1) is 0 Å². The van der Waals surface area contributed by atoms with Gasteiger partial charge in [-0.15, -0.1) is 0 Å². The SMILES string of the molecule is CCCN(CCc1ccc(OCc2ccccc2)cc1)C(=O)OC(C)(C)C. The molecule has 0 fully saturated rings. The molecule has 0 bridgehead atoms. The molecular weight excluding hydrogens is 338 g/mol. The Hall–Kier alpha value is -2.49. The summed E-state index contributed by atoms with van der Waals surface area (Å²) in [6.45, 7) is 9.65. The Morgan fingerprint density at radius 1 is 0.926 bits per heavy atom. The molecule has 4 nitrogen and oxygen atoms in total. The summed E-state index contributed by atoms with van der Waals surface area (Å²) in [6, 6.07) is 18.2. The number of hydrogen-bond donors (Lipinski definition) is 0. The molecule has 0 saturated carbocycles. The molecule has 4 heteroatoms. The molecule has 0 atom stereocenters. The zero-order valence-electron chi connectivity index (χ0n) is 16.9. The van der Waals surface area contributed by atoms with Crippen LogP contribution in [0.4, 0.5) is 4.79 Å². The average Bonchev–Trinajstić information content (AvgIpc) is 2.63. The van der Waals surface area contributed by atoms with E-state index in [1.807, 2.05) is 63.2 Å². The lowest BCUT2D eigenvalue weighted by Gasteiger charge is -2.27. The minimum absolute atomic E-state index is 0.243. The van der Waals surface area contributed by atoms with E-state index in [4.69, 9.17) is 9.47 Å². The van der Waals surface area contributed by atoms with Gasteiger partial charge in [0.05, 0.1) is 0 Å². The van der Waals surface area contributed by atoms with Crippen LogP contribution in [-0.2, 0) is 17.8 Å². The molecule has 0 aromatic heterocycles. The Balaban J connectivity index is 1.86. The Labute approximate surface area is 163 Å². The number of nitrogens with zero attached hydrogens (tertiary/aromatic N) is 1. The Morgan fingerprint density at radius 3 is 2.19 bits per heavy atom. The quantitative estimate of drug-likeness (QED) is 0.620. The monoisotopic (exact) mass is 369 g/mol. The largest absolute Gasteiger partial charge is 0.489 e. The number of rotatable bonds is 8. The van der Waals surface area contributed by atoms with Crippen molar-refractivity contribution in [2.45, 2.75) is 52.7 Å². The van der Waals surface area contributed by atoms with Crippen LogP contribution in [0.15, 0.2) is 54.6 Å². The van der Waals surface area contributed by atoms with Gasteiger partial charge in [0.1, 0.15) is 18.0 Å². The predicted octanol–water partition coefficient (Wildman–Crippen LogP) is 5.46. The lowest BCUT2D eigenvalue weighted by molar-refractivity contribution is 0.0252. The normalized spacial score (nSPS) is 11.1. The van der Waals surface area contributed by atoms with E-state index in [9.17, 15) is 4.79 Å². The second-order valence-corrected chi connectivity index (χ2v) is 7.64. The molecular formula is C23H31NO3. The van der Waals surface area contributed by atoms with Gasteiger partial charge < -0.3 is 14.4 Å². The van der Waals surface area contributed by atoms with Gasteiger partial charge in [0, 0.05) is 13.1 Å². The van der Waals surface area contributed by atoms with Crippen LogP contribution < -0.4 is 4.74 Å². The van der Waals surface area contributed by atoms with Gasteiger partial charge in [-0.05, 0) is 56.9 Å². The van der Waals surface area contributed by atoms with Crippen LogP contribution >= 0.6 is 0 Å². The van der Waals surface area contributed by atoms with E-state index >= 15 is 0 Å². The van der Waals surface area contributed by atoms with Crippen molar-refractivity contribution < 1.29 is 14.3 Å². The van der Waals surface area contributed by atoms with E-state index in [-0.39, 0.29) is 6.09 Å². The number of carbonyl (C=O) groups excluding carboxylic acids is 1. The molecule has 0 aliphatic rings. The van der Waals surface area contributed by atoms with Crippen LogP contribution in [-0.4, -0.2) is 29.7 Å². The van der Waals surface area contributed by atoms with Crippen LogP contribution in [0.2, 0.25) is 0 Å². The van der Waals surface area contributed by atoms with Gasteiger partial charge in [-0.3, -0.25) is 0 Å². The average molecular weight is 370 g/mol. The molecule has 0 aliphatic carbocycles. The van der Waals surface area contributed by atoms with Crippen molar-refractivity contribution in [3.8, 4) is 5.75 Å². The van der Waals surface area contributed by atoms with Crippen molar-refractivity contribution in [3.63, 3.8) is 0 Å². The maximum atomic E-state index is 12.3. The van der Waals surface area contributed by atoms with E-state index in [0.29, 0.717) is 19.7 Å². The Kier molecular flexibility index (Phi) is 7.71. The number of benzene rings is 2. The first-order valence-electron chi connectivity index (χ1n) is 9.61. The highest BCUT2D eigenvalue weighted by atomic mass is 16.6. The Morgan fingerprint density at radius 2 is 1.59 bits per heavy atom. The van der Waals surface area contributed by atoms with Crippen molar-refractivity contribution >= 4 is 6.09 Å². The second-order valence-electron chi connectivity index (χ2n) is 7.64. The molecule has 0 unspecified atom stereocenters. The molecule has 2 aromatic carbocycles. The van der Waals surface area contributed by atoms with Crippen molar-refractivity contribution in [3.05, 3.63) is 65.7 Å². The molecule has 2 aromatic rings. The van der Waals surface area contributed by atoms with E-state index in [1.54, 1.807) is 4.90 Å². The lowest BCUT2D eigenvalue weighted by Crippen LogP contribution is -2.38. The molecule has 1 amide bonds. The van der Waals surface area contributed by atoms with E-state index in [2.05, 4.69) is 19.1 Å². The topological polar surface area (TPSA) is 38.8 Å². The smallest absolute Gasteiger partial charge is 0.410 e. The minimum atomic E-state index is -0.471. The fourth-order valence-electron chi connectivity index (χ4n) is 2.65. The lowest BCUT2D eigenvalue weighted by atomic mass is 10.1. The van der Waals surface area contributed by atoms with Crippen molar-refractivity contribution in [1.29, 1.82) is 0 Å².